The molecule has 2 fully saturated rings. The molecule has 1 aromatic heterocycles. The van der Waals surface area contributed by atoms with Crippen molar-refractivity contribution in [2.75, 3.05) is 50.8 Å². The third-order valence-corrected chi connectivity index (χ3v) is 12.7. The van der Waals surface area contributed by atoms with Gasteiger partial charge in [-0.3, -0.25) is 19.3 Å². The highest BCUT2D eigenvalue weighted by Gasteiger charge is 2.26. The zero-order chi connectivity index (χ0) is 42.0. The highest BCUT2D eigenvalue weighted by atomic mass is 16.5. The minimum Gasteiger partial charge on any atom is -0.381 e. The lowest BCUT2D eigenvalue weighted by Crippen LogP contribution is -2.48. The third-order valence-electron chi connectivity index (χ3n) is 12.7. The maximum Gasteiger partial charge on any atom is 0.253 e. The molecule has 0 saturated carbocycles. The number of anilines is 1. The lowest BCUT2D eigenvalue weighted by atomic mass is 9.94. The van der Waals surface area contributed by atoms with Crippen LogP contribution in [-0.4, -0.2) is 78.6 Å². The number of aromatic nitrogens is 1. The number of carbonyl (C=O) groups is 2. The Morgan fingerprint density at radius 2 is 1.39 bits per heavy atom. The average molecular weight is 810 g/mol. The van der Waals surface area contributed by atoms with Crippen molar-refractivity contribution in [3.63, 3.8) is 0 Å². The Morgan fingerprint density at radius 3 is 1.98 bits per heavy atom. The Balaban J connectivity index is 1.13. The summed E-state index contributed by atoms with van der Waals surface area (Å²) in [6, 6.07) is 15.2. The molecule has 2 aromatic carbocycles. The predicted octanol–water partition coefficient (Wildman–Crippen LogP) is 10.0. The lowest BCUT2D eigenvalue weighted by molar-refractivity contribution is -0.133. The molecule has 2 aliphatic heterocycles. The molecule has 3 heterocycles. The van der Waals surface area contributed by atoms with Crippen LogP contribution < -0.4 is 15.8 Å². The summed E-state index contributed by atoms with van der Waals surface area (Å²) < 4.78 is 5.70. The SMILES string of the molecule is CCCCCCCCCCCCCCCC(=O)N1CCN(Cc2ccc(-c3cc(C(=O)NCc4c(C)cc(C)[nH]c4=O)c(C)c(N(CC)C4CCOCC4)c3)cc2)CC1. The van der Waals surface area contributed by atoms with Gasteiger partial charge in [-0.1, -0.05) is 108 Å². The molecule has 0 unspecified atom stereocenters. The number of benzene rings is 2. The quantitative estimate of drug-likeness (QED) is 0.0926. The van der Waals surface area contributed by atoms with Crippen molar-refractivity contribution in [2.45, 2.75) is 156 Å². The molecule has 2 saturated heterocycles. The summed E-state index contributed by atoms with van der Waals surface area (Å²) in [5, 5.41) is 3.07. The number of aryl methyl sites for hydroxylation is 2. The first-order chi connectivity index (χ1) is 28.7. The Hall–Kier alpha value is -3.95. The minimum absolute atomic E-state index is 0.160. The fraction of sp³-hybridized carbons (Fsp3) is 0.620. The normalized spacial score (nSPS) is 15.1. The van der Waals surface area contributed by atoms with E-state index in [1.807, 2.05) is 32.9 Å². The number of nitrogens with zero attached hydrogens (tertiary/aromatic N) is 3. The highest BCUT2D eigenvalue weighted by molar-refractivity contribution is 5.99. The van der Waals surface area contributed by atoms with Crippen molar-refractivity contribution < 1.29 is 14.3 Å². The van der Waals surface area contributed by atoms with Crippen molar-refractivity contribution in [1.82, 2.24) is 20.1 Å². The number of rotatable bonds is 23. The van der Waals surface area contributed by atoms with Crippen LogP contribution in [-0.2, 0) is 22.6 Å². The monoisotopic (exact) mass is 810 g/mol. The van der Waals surface area contributed by atoms with Crippen LogP contribution in [0.2, 0.25) is 0 Å². The van der Waals surface area contributed by atoms with E-state index in [1.54, 1.807) is 0 Å². The van der Waals surface area contributed by atoms with Crippen molar-refractivity contribution in [1.29, 1.82) is 0 Å². The average Bonchev–Trinajstić information content (AvgIpc) is 3.23. The van der Waals surface area contributed by atoms with E-state index in [0.717, 1.165) is 105 Å². The molecule has 0 bridgehead atoms. The number of piperazine rings is 1. The Bertz CT molecular complexity index is 1810. The second-order valence-electron chi connectivity index (χ2n) is 17.3. The van der Waals surface area contributed by atoms with Crippen LogP contribution in [0.4, 0.5) is 5.69 Å². The van der Waals surface area contributed by atoms with E-state index in [1.165, 1.54) is 82.6 Å². The van der Waals surface area contributed by atoms with E-state index in [4.69, 9.17) is 4.74 Å². The highest BCUT2D eigenvalue weighted by Crippen LogP contribution is 2.34. The molecule has 59 heavy (non-hydrogen) atoms. The van der Waals surface area contributed by atoms with E-state index in [-0.39, 0.29) is 18.0 Å². The maximum absolute atomic E-state index is 14.0. The van der Waals surface area contributed by atoms with Crippen molar-refractivity contribution >= 4 is 17.5 Å². The molecular formula is C50H75N5O4. The van der Waals surface area contributed by atoms with Gasteiger partial charge in [-0.25, -0.2) is 0 Å². The molecule has 5 rings (SSSR count). The van der Waals surface area contributed by atoms with Gasteiger partial charge in [0.05, 0.1) is 0 Å². The van der Waals surface area contributed by atoms with Crippen LogP contribution in [0.5, 0.6) is 0 Å². The summed E-state index contributed by atoms with van der Waals surface area (Å²) in [5.74, 6) is 0.131. The van der Waals surface area contributed by atoms with Gasteiger partial charge in [0, 0.05) is 94.0 Å². The van der Waals surface area contributed by atoms with Crippen molar-refractivity contribution in [2.24, 2.45) is 0 Å². The standard InChI is InChI=1S/C50H75N5O4/c1-6-8-9-10-11-12-13-14-15-16-17-18-19-20-48(56)54-29-27-53(28-30-54)37-41-21-23-42(24-22-41)43-34-45(49(57)51-36-46-38(3)33-39(4)52-50(46)58)40(5)47(35-43)55(7-2)44-25-31-59-32-26-44/h21-24,33-35,44H,6-20,25-32,36-37H2,1-5H3,(H,51,57)(H,52,58). The second kappa shape index (κ2) is 24.3. The number of hydrogen-bond donors (Lipinski definition) is 2. The maximum atomic E-state index is 14.0. The molecule has 3 aromatic rings. The molecule has 2 amide bonds. The van der Waals surface area contributed by atoms with Gasteiger partial charge in [-0.05, 0) is 93.0 Å². The Kier molecular flexibility index (Phi) is 19.0. The largest absolute Gasteiger partial charge is 0.381 e. The number of nitrogens with one attached hydrogen (secondary N) is 2. The molecule has 9 heteroatoms. The molecule has 2 N–H and O–H groups in total. The van der Waals surface area contributed by atoms with Gasteiger partial charge in [0.25, 0.3) is 11.5 Å². The van der Waals surface area contributed by atoms with E-state index >= 15 is 0 Å². The number of pyridine rings is 1. The Labute approximate surface area is 355 Å². The van der Waals surface area contributed by atoms with Gasteiger partial charge < -0.3 is 24.8 Å². The van der Waals surface area contributed by atoms with Crippen LogP contribution in [0.3, 0.4) is 0 Å². The topological polar surface area (TPSA) is 98.0 Å². The van der Waals surface area contributed by atoms with Gasteiger partial charge in [-0.15, -0.1) is 0 Å². The van der Waals surface area contributed by atoms with Crippen LogP contribution in [0.15, 0.2) is 47.3 Å². The molecule has 2 aliphatic rings. The van der Waals surface area contributed by atoms with Crippen LogP contribution in [0, 0.1) is 20.8 Å². The van der Waals surface area contributed by atoms with Gasteiger partial charge >= 0.3 is 0 Å². The summed E-state index contributed by atoms with van der Waals surface area (Å²) in [6.45, 7) is 16.9. The molecule has 0 aliphatic carbocycles. The summed E-state index contributed by atoms with van der Waals surface area (Å²) in [5.41, 5.74) is 7.99. The summed E-state index contributed by atoms with van der Waals surface area (Å²) in [6.07, 6.45) is 19.7. The van der Waals surface area contributed by atoms with Crippen LogP contribution >= 0.6 is 0 Å². The molecular weight excluding hydrogens is 735 g/mol. The molecule has 0 atom stereocenters. The van der Waals surface area contributed by atoms with Crippen molar-refractivity contribution in [3.8, 4) is 11.1 Å². The molecule has 0 spiro atoms. The van der Waals surface area contributed by atoms with E-state index in [2.05, 4.69) is 69.2 Å². The van der Waals surface area contributed by atoms with E-state index in [9.17, 15) is 14.4 Å². The van der Waals surface area contributed by atoms with Crippen LogP contribution in [0.1, 0.15) is 155 Å². The first-order valence-corrected chi connectivity index (χ1v) is 23.2. The van der Waals surface area contributed by atoms with Gasteiger partial charge in [0.15, 0.2) is 0 Å². The number of unbranched alkanes of at least 4 members (excludes halogenated alkanes) is 12. The first kappa shape index (κ1) is 46.1. The number of ether oxygens (including phenoxy) is 1. The van der Waals surface area contributed by atoms with Gasteiger partial charge in [-0.2, -0.15) is 0 Å². The van der Waals surface area contributed by atoms with E-state index < -0.39 is 0 Å². The van der Waals surface area contributed by atoms with E-state index in [0.29, 0.717) is 29.5 Å². The number of carbonyl (C=O) groups excluding carboxylic acids is 2. The van der Waals surface area contributed by atoms with Gasteiger partial charge in [0.1, 0.15) is 0 Å². The number of H-pyrrole nitrogens is 1. The lowest BCUT2D eigenvalue weighted by Gasteiger charge is -2.37. The Morgan fingerprint density at radius 1 is 0.780 bits per heavy atom. The number of amides is 2. The number of hydrogen-bond acceptors (Lipinski definition) is 6. The fourth-order valence-electron chi connectivity index (χ4n) is 9.06. The zero-order valence-corrected chi connectivity index (χ0v) is 37.3. The second-order valence-corrected chi connectivity index (χ2v) is 17.3. The smallest absolute Gasteiger partial charge is 0.253 e. The minimum atomic E-state index is -0.188. The predicted molar refractivity (Wildman–Crippen MR) is 243 cm³/mol. The first-order valence-electron chi connectivity index (χ1n) is 23.2. The molecule has 9 nitrogen and oxygen atoms in total. The summed E-state index contributed by atoms with van der Waals surface area (Å²) in [4.78, 5) is 49.5. The van der Waals surface area contributed by atoms with Crippen molar-refractivity contribution in [3.05, 3.63) is 86.3 Å². The number of aromatic amines is 1. The molecule has 324 valence electrons. The molecule has 0 radical (unpaired) electrons. The zero-order valence-electron chi connectivity index (χ0n) is 37.3. The fourth-order valence-corrected chi connectivity index (χ4v) is 9.06. The van der Waals surface area contributed by atoms with Crippen LogP contribution in [0.25, 0.3) is 11.1 Å². The third kappa shape index (κ3) is 14.1. The van der Waals surface area contributed by atoms with Gasteiger partial charge in [0.2, 0.25) is 5.91 Å². The summed E-state index contributed by atoms with van der Waals surface area (Å²) >= 11 is 0. The summed E-state index contributed by atoms with van der Waals surface area (Å²) in [7, 11) is 0.